The van der Waals surface area contributed by atoms with Crippen molar-refractivity contribution in [3.63, 3.8) is 0 Å². The van der Waals surface area contributed by atoms with E-state index in [1.807, 2.05) is 32.8 Å². The summed E-state index contributed by atoms with van der Waals surface area (Å²) in [6, 6.07) is 1.42. The Hall–Kier alpha value is -0.930. The zero-order valence-corrected chi connectivity index (χ0v) is 21.7. The number of carbonyl (C=O) groups is 1. The van der Waals surface area contributed by atoms with Crippen LogP contribution < -0.4 is 5.32 Å². The fourth-order valence-corrected chi connectivity index (χ4v) is 5.57. The number of carbonyl (C=O) groups excluding carboxylic acids is 1. The Morgan fingerprint density at radius 1 is 0.758 bits per heavy atom. The molecule has 4 atom stereocenters. The van der Waals surface area contributed by atoms with Gasteiger partial charge in [-0.25, -0.2) is 4.79 Å². The molecule has 8 nitrogen and oxygen atoms in total. The van der Waals surface area contributed by atoms with Crippen LogP contribution >= 0.6 is 0 Å². The summed E-state index contributed by atoms with van der Waals surface area (Å²) in [4.78, 5) is 18.9. The largest absolute Gasteiger partial charge is 0.444 e. The van der Waals surface area contributed by atoms with Gasteiger partial charge in [-0.3, -0.25) is 9.80 Å². The van der Waals surface area contributed by atoms with Gasteiger partial charge in [-0.1, -0.05) is 0 Å². The predicted octanol–water partition coefficient (Wildman–Crippen LogP) is 2.57. The lowest BCUT2D eigenvalue weighted by Gasteiger charge is -2.38. The Labute approximate surface area is 201 Å². The van der Waals surface area contributed by atoms with Crippen LogP contribution in [-0.4, -0.2) is 117 Å². The summed E-state index contributed by atoms with van der Waals surface area (Å²) in [5, 5.41) is 3.39. The van der Waals surface area contributed by atoms with E-state index < -0.39 is 5.60 Å². The molecule has 1 N–H and O–H groups in total. The quantitative estimate of drug-likeness (QED) is 0.680. The van der Waals surface area contributed by atoms with E-state index in [-0.39, 0.29) is 6.09 Å². The fourth-order valence-electron chi connectivity index (χ4n) is 5.57. The lowest BCUT2D eigenvalue weighted by atomic mass is 10.2. The molecule has 33 heavy (non-hydrogen) atoms. The number of nitrogens with one attached hydrogen (secondary N) is 1. The highest BCUT2D eigenvalue weighted by Gasteiger charge is 2.33. The smallest absolute Gasteiger partial charge is 0.410 e. The Balaban J connectivity index is 0.000000203. The molecule has 4 aliphatic rings. The number of hydrogen-bond acceptors (Lipinski definition) is 7. The summed E-state index contributed by atoms with van der Waals surface area (Å²) in [5.74, 6) is 0. The number of piperazine rings is 2. The van der Waals surface area contributed by atoms with Crippen molar-refractivity contribution in [2.45, 2.75) is 89.2 Å². The molecule has 2 aliphatic carbocycles. The third-order valence-electron chi connectivity index (χ3n) is 7.53. The number of nitrogens with zero attached hydrogens (tertiary/aromatic N) is 3. The van der Waals surface area contributed by atoms with Crippen LogP contribution in [0.1, 0.15) is 59.3 Å². The van der Waals surface area contributed by atoms with Crippen LogP contribution in [0.5, 0.6) is 0 Å². The fraction of sp³-hybridized carbons (Fsp3) is 0.960. The molecule has 1 amide bonds. The molecule has 0 aromatic heterocycles. The van der Waals surface area contributed by atoms with Gasteiger partial charge in [0.2, 0.25) is 0 Å². The molecular weight excluding hydrogens is 420 g/mol. The van der Waals surface area contributed by atoms with Crippen molar-refractivity contribution < 1.29 is 19.0 Å². The van der Waals surface area contributed by atoms with Gasteiger partial charge in [0.1, 0.15) is 5.60 Å². The van der Waals surface area contributed by atoms with Crippen molar-refractivity contribution in [1.82, 2.24) is 20.0 Å². The molecule has 0 aromatic carbocycles. The van der Waals surface area contributed by atoms with Crippen LogP contribution in [0.4, 0.5) is 4.79 Å². The maximum absolute atomic E-state index is 12.0. The van der Waals surface area contributed by atoms with Gasteiger partial charge >= 0.3 is 6.09 Å². The molecule has 8 heteroatoms. The van der Waals surface area contributed by atoms with Gasteiger partial charge in [0, 0.05) is 78.7 Å². The van der Waals surface area contributed by atoms with Crippen molar-refractivity contribution >= 4 is 6.09 Å². The molecule has 4 rings (SSSR count). The highest BCUT2D eigenvalue weighted by Crippen LogP contribution is 2.27. The Bertz CT molecular complexity index is 585. The summed E-state index contributed by atoms with van der Waals surface area (Å²) in [5.41, 5.74) is -0.411. The number of ether oxygens (including phenoxy) is 3. The van der Waals surface area contributed by atoms with Crippen LogP contribution in [0.2, 0.25) is 0 Å². The highest BCUT2D eigenvalue weighted by atomic mass is 16.6. The van der Waals surface area contributed by atoms with Gasteiger partial charge < -0.3 is 24.4 Å². The van der Waals surface area contributed by atoms with E-state index in [9.17, 15) is 4.79 Å². The third-order valence-corrected chi connectivity index (χ3v) is 7.53. The minimum atomic E-state index is -0.411. The molecule has 4 fully saturated rings. The first-order valence-electron chi connectivity index (χ1n) is 13.0. The lowest BCUT2D eigenvalue weighted by molar-refractivity contribution is 0.00946. The van der Waals surface area contributed by atoms with E-state index in [0.29, 0.717) is 18.2 Å². The van der Waals surface area contributed by atoms with E-state index in [4.69, 9.17) is 14.2 Å². The average Bonchev–Trinajstić information content (AvgIpc) is 3.49. The van der Waals surface area contributed by atoms with Crippen LogP contribution in [0, 0.1) is 0 Å². The molecule has 192 valence electrons. The molecule has 0 aromatic rings. The predicted molar refractivity (Wildman–Crippen MR) is 131 cm³/mol. The number of hydrogen-bond donors (Lipinski definition) is 1. The maximum Gasteiger partial charge on any atom is 0.410 e. The SMILES string of the molecule is COC1CCC(N2CCN(C(=O)OC(C)(C)C)CC2)C1.COC1CCC(N2CCNCC2)C1. The highest BCUT2D eigenvalue weighted by molar-refractivity contribution is 5.68. The summed E-state index contributed by atoms with van der Waals surface area (Å²) in [7, 11) is 3.64. The van der Waals surface area contributed by atoms with Crippen molar-refractivity contribution in [2.75, 3.05) is 66.6 Å². The normalized spacial score (nSPS) is 31.8. The molecule has 0 radical (unpaired) electrons. The first kappa shape index (κ1) is 26.7. The third kappa shape index (κ3) is 8.35. The Morgan fingerprint density at radius 3 is 1.67 bits per heavy atom. The van der Waals surface area contributed by atoms with Crippen LogP contribution in [0.15, 0.2) is 0 Å². The second-order valence-corrected chi connectivity index (χ2v) is 10.9. The molecule has 2 saturated carbocycles. The Morgan fingerprint density at radius 2 is 1.24 bits per heavy atom. The lowest BCUT2D eigenvalue weighted by Crippen LogP contribution is -2.52. The molecule has 2 heterocycles. The van der Waals surface area contributed by atoms with Crippen molar-refractivity contribution in [3.05, 3.63) is 0 Å². The minimum Gasteiger partial charge on any atom is -0.444 e. The molecule has 0 bridgehead atoms. The zero-order valence-electron chi connectivity index (χ0n) is 21.7. The van der Waals surface area contributed by atoms with E-state index in [1.165, 1.54) is 38.8 Å². The van der Waals surface area contributed by atoms with Crippen molar-refractivity contribution in [1.29, 1.82) is 0 Å². The monoisotopic (exact) mass is 468 g/mol. The average molecular weight is 469 g/mol. The van der Waals surface area contributed by atoms with Crippen molar-refractivity contribution in [2.24, 2.45) is 0 Å². The van der Waals surface area contributed by atoms with E-state index in [0.717, 1.165) is 58.2 Å². The summed E-state index contributed by atoms with van der Waals surface area (Å²) >= 11 is 0. The number of methoxy groups -OCH3 is 2. The first-order valence-corrected chi connectivity index (χ1v) is 13.0. The Kier molecular flexibility index (Phi) is 10.2. The van der Waals surface area contributed by atoms with Crippen LogP contribution in [0.3, 0.4) is 0 Å². The second kappa shape index (κ2) is 12.7. The molecule has 2 aliphatic heterocycles. The van der Waals surface area contributed by atoms with E-state index in [1.54, 1.807) is 7.11 Å². The van der Waals surface area contributed by atoms with E-state index in [2.05, 4.69) is 15.1 Å². The number of amides is 1. The van der Waals surface area contributed by atoms with Gasteiger partial charge in [-0.15, -0.1) is 0 Å². The van der Waals surface area contributed by atoms with Gasteiger partial charge in [-0.05, 0) is 59.3 Å². The van der Waals surface area contributed by atoms with Gasteiger partial charge in [-0.2, -0.15) is 0 Å². The molecule has 2 saturated heterocycles. The van der Waals surface area contributed by atoms with Crippen LogP contribution in [0.25, 0.3) is 0 Å². The topological polar surface area (TPSA) is 66.5 Å². The van der Waals surface area contributed by atoms with Gasteiger partial charge in [0.05, 0.1) is 12.2 Å². The number of rotatable bonds is 4. The summed E-state index contributed by atoms with van der Waals surface area (Å²) in [6.07, 6.45) is 8.10. The minimum absolute atomic E-state index is 0.182. The maximum atomic E-state index is 12.0. The summed E-state index contributed by atoms with van der Waals surface area (Å²) < 4.78 is 16.2. The first-order chi connectivity index (χ1) is 15.8. The molecule has 0 spiro atoms. The van der Waals surface area contributed by atoms with Gasteiger partial charge in [0.25, 0.3) is 0 Å². The standard InChI is InChI=1S/C15H28N2O3.C10H20N2O/c1-15(2,3)20-14(18)17-9-7-16(8-10-17)12-5-6-13(11-12)19-4;1-13-10-3-2-9(8-10)12-6-4-11-5-7-12/h12-13H,5-11H2,1-4H3;9-11H,2-8H2,1H3. The zero-order chi connectivity index (χ0) is 23.8. The summed E-state index contributed by atoms with van der Waals surface area (Å²) in [6.45, 7) is 13.9. The van der Waals surface area contributed by atoms with Crippen LogP contribution in [-0.2, 0) is 14.2 Å². The van der Waals surface area contributed by atoms with E-state index >= 15 is 0 Å². The molecule has 4 unspecified atom stereocenters. The second-order valence-electron chi connectivity index (χ2n) is 10.9. The molecular formula is C25H48N4O4. The van der Waals surface area contributed by atoms with Gasteiger partial charge in [0.15, 0.2) is 0 Å². The van der Waals surface area contributed by atoms with Crippen molar-refractivity contribution in [3.8, 4) is 0 Å².